The predicted octanol–water partition coefficient (Wildman–Crippen LogP) is 3.38. The molecule has 0 N–H and O–H groups in total. The van der Waals surface area contributed by atoms with Crippen LogP contribution in [0.2, 0.25) is 0 Å². The molecule has 4 rings (SSSR count). The van der Waals surface area contributed by atoms with Crippen molar-refractivity contribution in [2.24, 2.45) is 23.7 Å². The van der Waals surface area contributed by atoms with E-state index < -0.39 is 89.5 Å². The number of carbonyl (C=O) groups excluding carboxylic acids is 3. The van der Waals surface area contributed by atoms with Gasteiger partial charge in [-0.1, -0.05) is 6.58 Å². The molecular formula is C19H14F10O6. The average Bonchev–Trinajstić information content (AvgIpc) is 3.33. The zero-order valence-corrected chi connectivity index (χ0v) is 17.2. The number of carbonyl (C=O) groups is 3. The first-order valence-electron chi connectivity index (χ1n) is 9.90. The molecule has 2 bridgehead atoms. The van der Waals surface area contributed by atoms with Crippen LogP contribution in [0, 0.1) is 23.7 Å². The van der Waals surface area contributed by atoms with E-state index in [0.717, 1.165) is 0 Å². The lowest BCUT2D eigenvalue weighted by atomic mass is 9.77. The van der Waals surface area contributed by atoms with Crippen LogP contribution in [0.15, 0.2) is 12.2 Å². The van der Waals surface area contributed by atoms with Crippen molar-refractivity contribution in [2.75, 3.05) is 0 Å². The van der Waals surface area contributed by atoms with Gasteiger partial charge in [-0.25, -0.2) is 4.79 Å². The van der Waals surface area contributed by atoms with Crippen molar-refractivity contribution >= 4 is 17.9 Å². The van der Waals surface area contributed by atoms with Crippen LogP contribution in [-0.4, -0.2) is 65.8 Å². The second-order valence-electron chi connectivity index (χ2n) is 8.95. The van der Waals surface area contributed by atoms with Crippen molar-refractivity contribution < 1.29 is 72.5 Å². The van der Waals surface area contributed by atoms with Crippen molar-refractivity contribution in [3.63, 3.8) is 0 Å². The number of rotatable bonds is 4. The van der Waals surface area contributed by atoms with Gasteiger partial charge < -0.3 is 14.2 Å². The van der Waals surface area contributed by atoms with Gasteiger partial charge in [0.25, 0.3) is 0 Å². The molecule has 0 amide bonds. The summed E-state index contributed by atoms with van der Waals surface area (Å²) in [6.45, 7) is 4.51. The number of ether oxygens (including phenoxy) is 3. The Balaban J connectivity index is 1.68. The summed E-state index contributed by atoms with van der Waals surface area (Å²) in [5.41, 5.74) is -0.153. The lowest BCUT2D eigenvalue weighted by Crippen LogP contribution is -2.80. The highest BCUT2D eigenvalue weighted by Crippen LogP contribution is 2.66. The van der Waals surface area contributed by atoms with Gasteiger partial charge in [-0.05, 0) is 13.3 Å². The van der Waals surface area contributed by atoms with Crippen molar-refractivity contribution in [1.82, 2.24) is 0 Å². The smallest absolute Gasteiger partial charge is 0.384 e. The first-order chi connectivity index (χ1) is 15.7. The molecule has 35 heavy (non-hydrogen) atoms. The Labute approximate surface area is 188 Å². The number of halogens is 10. The molecule has 0 aromatic carbocycles. The normalized spacial score (nSPS) is 39.1. The predicted molar refractivity (Wildman–Crippen MR) is 87.8 cm³/mol. The molecule has 1 saturated heterocycles. The van der Waals surface area contributed by atoms with Gasteiger partial charge in [0.15, 0.2) is 0 Å². The van der Waals surface area contributed by atoms with Crippen LogP contribution in [-0.2, 0) is 28.6 Å². The third-order valence-corrected chi connectivity index (χ3v) is 6.93. The van der Waals surface area contributed by atoms with E-state index in [1.54, 1.807) is 0 Å². The number of esters is 3. The van der Waals surface area contributed by atoms with Crippen molar-refractivity contribution in [2.45, 2.75) is 61.3 Å². The summed E-state index contributed by atoms with van der Waals surface area (Å²) in [6, 6.07) is 0. The zero-order valence-electron chi connectivity index (χ0n) is 17.2. The minimum atomic E-state index is -7.22. The maximum Gasteiger partial charge on any atom is 0.384 e. The molecule has 4 aliphatic rings. The first kappa shape index (κ1) is 25.5. The van der Waals surface area contributed by atoms with E-state index in [4.69, 9.17) is 9.47 Å². The molecule has 6 unspecified atom stereocenters. The Morgan fingerprint density at radius 3 is 1.89 bits per heavy atom. The number of fused-ring (bicyclic) bond motifs is 1. The highest BCUT2D eigenvalue weighted by Gasteiger charge is 2.96. The molecule has 0 radical (unpaired) electrons. The summed E-state index contributed by atoms with van der Waals surface area (Å²) in [5, 5.41) is 0. The highest BCUT2D eigenvalue weighted by atomic mass is 19.4. The van der Waals surface area contributed by atoms with Gasteiger partial charge in [0.1, 0.15) is 12.2 Å². The Hall–Kier alpha value is -2.55. The summed E-state index contributed by atoms with van der Waals surface area (Å²) in [6.07, 6.45) is -7.73. The van der Waals surface area contributed by atoms with Crippen LogP contribution >= 0.6 is 0 Å². The highest BCUT2D eigenvalue weighted by molar-refractivity contribution is 5.88. The second kappa shape index (κ2) is 7.02. The number of hydrogen-bond donors (Lipinski definition) is 0. The van der Waals surface area contributed by atoms with E-state index in [9.17, 15) is 58.3 Å². The molecule has 3 aliphatic carbocycles. The standard InChI is InChI=1S/C19H14F10O6/c1-4(2)11(30)33-9-6-3-5-7(12(31)34-10(5)9)8(6)13(32)35-14-15(20,21)17(24,25)19(28,29)18(26,27)16(14,22)23/h5-10,14H,1,3H2,2H3. The van der Waals surface area contributed by atoms with Crippen molar-refractivity contribution in [3.8, 4) is 0 Å². The van der Waals surface area contributed by atoms with E-state index in [2.05, 4.69) is 11.3 Å². The summed E-state index contributed by atoms with van der Waals surface area (Å²) >= 11 is 0. The topological polar surface area (TPSA) is 78.9 Å². The molecule has 1 heterocycles. The summed E-state index contributed by atoms with van der Waals surface area (Å²) < 4.78 is 152. The Bertz CT molecular complexity index is 980. The zero-order chi connectivity index (χ0) is 26.7. The van der Waals surface area contributed by atoms with E-state index in [1.807, 2.05) is 0 Å². The van der Waals surface area contributed by atoms with Crippen molar-refractivity contribution in [1.29, 1.82) is 0 Å². The fraction of sp³-hybridized carbons (Fsp3) is 0.737. The quantitative estimate of drug-likeness (QED) is 0.241. The van der Waals surface area contributed by atoms with Crippen LogP contribution in [0.25, 0.3) is 0 Å². The molecule has 3 saturated carbocycles. The molecule has 6 nitrogen and oxygen atoms in total. The van der Waals surface area contributed by atoms with Crippen LogP contribution in [0.3, 0.4) is 0 Å². The lowest BCUT2D eigenvalue weighted by Gasteiger charge is -2.49. The summed E-state index contributed by atoms with van der Waals surface area (Å²) in [5.74, 6) is -44.8. The van der Waals surface area contributed by atoms with Gasteiger partial charge in [0, 0.05) is 17.4 Å². The molecule has 0 spiro atoms. The van der Waals surface area contributed by atoms with Crippen molar-refractivity contribution in [3.05, 3.63) is 12.2 Å². The molecule has 16 heteroatoms. The number of hydrogen-bond acceptors (Lipinski definition) is 6. The van der Waals surface area contributed by atoms with Gasteiger partial charge in [-0.2, -0.15) is 43.9 Å². The SMILES string of the molecule is C=C(C)C(=O)OC1C2CC3C1OC(=O)C3C2C(=O)OC1C(F)(F)C(F)(F)C(F)(F)C(F)(F)C1(F)F. The van der Waals surface area contributed by atoms with Gasteiger partial charge in [-0.3, -0.25) is 9.59 Å². The van der Waals surface area contributed by atoms with E-state index >= 15 is 0 Å². The molecule has 6 atom stereocenters. The Kier molecular flexibility index (Phi) is 5.12. The monoisotopic (exact) mass is 528 g/mol. The number of alkyl halides is 10. The minimum Gasteiger partial charge on any atom is -0.458 e. The van der Waals surface area contributed by atoms with Crippen LogP contribution in [0.5, 0.6) is 0 Å². The largest absolute Gasteiger partial charge is 0.458 e. The third-order valence-electron chi connectivity index (χ3n) is 6.93. The molecule has 196 valence electrons. The minimum absolute atomic E-state index is 0.153. The molecule has 1 aliphatic heterocycles. The maximum absolute atomic E-state index is 14.1. The maximum atomic E-state index is 14.1. The second-order valence-corrected chi connectivity index (χ2v) is 8.95. The Morgan fingerprint density at radius 1 is 0.886 bits per heavy atom. The van der Waals surface area contributed by atoms with E-state index in [1.165, 1.54) is 6.92 Å². The van der Waals surface area contributed by atoms with Crippen LogP contribution in [0.1, 0.15) is 13.3 Å². The Morgan fingerprint density at radius 2 is 1.40 bits per heavy atom. The fourth-order valence-electron chi connectivity index (χ4n) is 5.21. The van der Waals surface area contributed by atoms with Crippen LogP contribution in [0.4, 0.5) is 43.9 Å². The fourth-order valence-corrected chi connectivity index (χ4v) is 5.21. The summed E-state index contributed by atoms with van der Waals surface area (Å²) in [7, 11) is 0. The summed E-state index contributed by atoms with van der Waals surface area (Å²) in [4.78, 5) is 36.7. The van der Waals surface area contributed by atoms with Crippen LogP contribution < -0.4 is 0 Å². The average molecular weight is 528 g/mol. The third kappa shape index (κ3) is 2.87. The van der Waals surface area contributed by atoms with Gasteiger partial charge in [0.05, 0.1) is 11.8 Å². The molecule has 0 aromatic heterocycles. The van der Waals surface area contributed by atoms with Gasteiger partial charge in [-0.15, -0.1) is 0 Å². The first-order valence-corrected chi connectivity index (χ1v) is 9.90. The van der Waals surface area contributed by atoms with E-state index in [-0.39, 0.29) is 12.0 Å². The van der Waals surface area contributed by atoms with E-state index in [0.29, 0.717) is 0 Å². The molecule has 4 fully saturated rings. The molecular weight excluding hydrogens is 514 g/mol. The van der Waals surface area contributed by atoms with Gasteiger partial charge >= 0.3 is 47.5 Å². The molecule has 0 aromatic rings. The van der Waals surface area contributed by atoms with Gasteiger partial charge in [0.2, 0.25) is 6.10 Å². The lowest BCUT2D eigenvalue weighted by molar-refractivity contribution is -0.469.